The van der Waals surface area contributed by atoms with Crippen molar-refractivity contribution in [3.05, 3.63) is 15.8 Å². The fourth-order valence-electron chi connectivity index (χ4n) is 3.20. The Morgan fingerprint density at radius 3 is 2.65 bits per heavy atom. The maximum atomic E-state index is 11.3. The molecule has 1 aliphatic heterocycles. The van der Waals surface area contributed by atoms with Gasteiger partial charge in [0, 0.05) is 19.6 Å². The Balaban J connectivity index is 2.37. The minimum atomic E-state index is -0.301. The van der Waals surface area contributed by atoms with Crippen molar-refractivity contribution >= 4 is 11.5 Å². The first-order chi connectivity index (χ1) is 9.20. The Bertz CT molecular complexity index is 516. The maximum absolute atomic E-state index is 11.3. The van der Waals surface area contributed by atoms with E-state index < -0.39 is 0 Å². The van der Waals surface area contributed by atoms with E-state index in [-0.39, 0.29) is 16.0 Å². The van der Waals surface area contributed by atoms with Crippen molar-refractivity contribution in [3.63, 3.8) is 0 Å². The molecule has 20 heavy (non-hydrogen) atoms. The van der Waals surface area contributed by atoms with Crippen LogP contribution in [0.15, 0.2) is 0 Å². The lowest BCUT2D eigenvalue weighted by Gasteiger charge is -2.31. The van der Waals surface area contributed by atoms with E-state index in [0.717, 1.165) is 25.8 Å². The molecule has 1 aromatic heterocycles. The van der Waals surface area contributed by atoms with E-state index in [2.05, 4.69) is 30.8 Å². The van der Waals surface area contributed by atoms with Gasteiger partial charge in [-0.1, -0.05) is 20.8 Å². The molecule has 1 aliphatic rings. The summed E-state index contributed by atoms with van der Waals surface area (Å²) in [5.74, 6) is 0.666. The van der Waals surface area contributed by atoms with Gasteiger partial charge in [-0.2, -0.15) is 5.10 Å². The zero-order valence-electron chi connectivity index (χ0n) is 13.0. The lowest BCUT2D eigenvalue weighted by Crippen LogP contribution is -2.34. The SMILES string of the molecule is Cc1nn(C)c(N2CCC[C@H]2CC(C)(C)C)c1[N+](=O)[O-]. The molecule has 6 nitrogen and oxygen atoms in total. The molecule has 0 spiro atoms. The molecule has 1 atom stereocenters. The number of aryl methyl sites for hydroxylation is 2. The first-order valence-electron chi connectivity index (χ1n) is 7.15. The molecule has 2 heterocycles. The van der Waals surface area contributed by atoms with E-state index >= 15 is 0 Å². The van der Waals surface area contributed by atoms with Gasteiger partial charge in [-0.3, -0.25) is 10.1 Å². The summed E-state index contributed by atoms with van der Waals surface area (Å²) < 4.78 is 1.66. The van der Waals surface area contributed by atoms with E-state index in [1.54, 1.807) is 18.7 Å². The molecule has 1 fully saturated rings. The Morgan fingerprint density at radius 1 is 1.45 bits per heavy atom. The first-order valence-corrected chi connectivity index (χ1v) is 7.15. The number of aromatic nitrogens is 2. The Kier molecular flexibility index (Phi) is 3.75. The minimum Gasteiger partial charge on any atom is -0.348 e. The van der Waals surface area contributed by atoms with E-state index in [1.807, 2.05) is 0 Å². The highest BCUT2D eigenvalue weighted by atomic mass is 16.6. The molecule has 0 radical (unpaired) electrons. The summed E-state index contributed by atoms with van der Waals surface area (Å²) in [6, 6.07) is 0.364. The zero-order chi connectivity index (χ0) is 15.1. The number of anilines is 1. The molecule has 6 heteroatoms. The van der Waals surface area contributed by atoms with Crippen molar-refractivity contribution in [2.45, 2.75) is 53.0 Å². The monoisotopic (exact) mass is 280 g/mol. The average molecular weight is 280 g/mol. The third-order valence-electron chi connectivity index (χ3n) is 3.84. The predicted octanol–water partition coefficient (Wildman–Crippen LogP) is 3.04. The van der Waals surface area contributed by atoms with Crippen LogP contribution in [-0.2, 0) is 7.05 Å². The van der Waals surface area contributed by atoms with Gasteiger partial charge in [-0.05, 0) is 31.6 Å². The summed E-state index contributed by atoms with van der Waals surface area (Å²) >= 11 is 0. The van der Waals surface area contributed by atoms with Crippen LogP contribution in [0.1, 0.15) is 45.7 Å². The van der Waals surface area contributed by atoms with Crippen LogP contribution in [0.3, 0.4) is 0 Å². The lowest BCUT2D eigenvalue weighted by molar-refractivity contribution is -0.384. The van der Waals surface area contributed by atoms with Gasteiger partial charge in [0.15, 0.2) is 0 Å². The van der Waals surface area contributed by atoms with Crippen LogP contribution in [0.4, 0.5) is 11.5 Å². The van der Waals surface area contributed by atoms with Gasteiger partial charge >= 0.3 is 5.69 Å². The normalized spacial score (nSPS) is 19.6. The molecule has 0 bridgehead atoms. The van der Waals surface area contributed by atoms with E-state index in [9.17, 15) is 10.1 Å². The van der Waals surface area contributed by atoms with Gasteiger partial charge in [-0.25, -0.2) is 4.68 Å². The average Bonchev–Trinajstić information content (AvgIpc) is 2.80. The molecular formula is C14H24N4O2. The van der Waals surface area contributed by atoms with Crippen LogP contribution in [0.2, 0.25) is 0 Å². The third-order valence-corrected chi connectivity index (χ3v) is 3.84. The van der Waals surface area contributed by atoms with E-state index in [4.69, 9.17) is 0 Å². The highest BCUT2D eigenvalue weighted by Gasteiger charge is 2.36. The Labute approximate surface area is 119 Å². The molecule has 0 aromatic carbocycles. The Morgan fingerprint density at radius 2 is 2.10 bits per heavy atom. The van der Waals surface area contributed by atoms with Crippen molar-refractivity contribution in [3.8, 4) is 0 Å². The summed E-state index contributed by atoms with van der Waals surface area (Å²) in [6.45, 7) is 9.22. The lowest BCUT2D eigenvalue weighted by atomic mass is 9.87. The van der Waals surface area contributed by atoms with Crippen molar-refractivity contribution in [2.24, 2.45) is 12.5 Å². The van der Waals surface area contributed by atoms with E-state index in [1.165, 1.54) is 0 Å². The number of nitrogens with zero attached hydrogens (tertiary/aromatic N) is 4. The molecule has 1 aromatic rings. The molecule has 0 saturated carbocycles. The number of rotatable bonds is 3. The molecular weight excluding hydrogens is 256 g/mol. The van der Waals surface area contributed by atoms with Gasteiger partial charge in [-0.15, -0.1) is 0 Å². The van der Waals surface area contributed by atoms with E-state index in [0.29, 0.717) is 17.6 Å². The van der Waals surface area contributed by atoms with Crippen molar-refractivity contribution < 1.29 is 4.92 Å². The fraction of sp³-hybridized carbons (Fsp3) is 0.786. The third kappa shape index (κ3) is 2.78. The van der Waals surface area contributed by atoms with Gasteiger partial charge in [0.25, 0.3) is 0 Å². The summed E-state index contributed by atoms with van der Waals surface area (Å²) in [5, 5.41) is 15.6. The fourth-order valence-corrected chi connectivity index (χ4v) is 3.20. The molecule has 0 amide bonds. The van der Waals surface area contributed by atoms with Crippen LogP contribution >= 0.6 is 0 Å². The van der Waals surface area contributed by atoms with Crippen molar-refractivity contribution in [1.29, 1.82) is 0 Å². The molecule has 1 saturated heterocycles. The molecule has 0 N–H and O–H groups in total. The van der Waals surface area contributed by atoms with Crippen LogP contribution in [-0.4, -0.2) is 27.3 Å². The second kappa shape index (κ2) is 5.07. The van der Waals surface area contributed by atoms with Crippen LogP contribution < -0.4 is 4.90 Å². The highest BCUT2D eigenvalue weighted by Crippen LogP contribution is 2.38. The van der Waals surface area contributed by atoms with Gasteiger partial charge in [0.05, 0.1) is 4.92 Å². The molecule has 0 aliphatic carbocycles. The summed E-state index contributed by atoms with van der Waals surface area (Å²) in [6.07, 6.45) is 3.22. The number of hydrogen-bond acceptors (Lipinski definition) is 4. The van der Waals surface area contributed by atoms with Gasteiger partial charge in [0.1, 0.15) is 5.69 Å². The maximum Gasteiger partial charge on any atom is 0.333 e. The highest BCUT2D eigenvalue weighted by molar-refractivity contribution is 5.62. The van der Waals surface area contributed by atoms with Crippen molar-refractivity contribution in [2.75, 3.05) is 11.4 Å². The second-order valence-electron chi connectivity index (χ2n) is 6.89. The van der Waals surface area contributed by atoms with Crippen LogP contribution in [0, 0.1) is 22.5 Å². The first kappa shape index (κ1) is 14.8. The summed E-state index contributed by atoms with van der Waals surface area (Å²) in [7, 11) is 1.79. The zero-order valence-corrected chi connectivity index (χ0v) is 13.0. The second-order valence-corrected chi connectivity index (χ2v) is 6.89. The number of nitro groups is 1. The van der Waals surface area contributed by atoms with Gasteiger partial charge in [0.2, 0.25) is 5.82 Å². The molecule has 0 unspecified atom stereocenters. The smallest absolute Gasteiger partial charge is 0.333 e. The largest absolute Gasteiger partial charge is 0.348 e. The van der Waals surface area contributed by atoms with Crippen LogP contribution in [0.25, 0.3) is 0 Å². The minimum absolute atomic E-state index is 0.160. The Hall–Kier alpha value is -1.59. The predicted molar refractivity (Wildman–Crippen MR) is 79.0 cm³/mol. The van der Waals surface area contributed by atoms with Gasteiger partial charge < -0.3 is 4.90 Å². The molecule has 112 valence electrons. The summed E-state index contributed by atoms with van der Waals surface area (Å²) in [4.78, 5) is 13.2. The number of hydrogen-bond donors (Lipinski definition) is 0. The van der Waals surface area contributed by atoms with Crippen LogP contribution in [0.5, 0.6) is 0 Å². The van der Waals surface area contributed by atoms with Crippen molar-refractivity contribution in [1.82, 2.24) is 9.78 Å². The standard InChI is InChI=1S/C14H24N4O2/c1-10-12(18(19)20)13(16(5)15-10)17-8-6-7-11(17)9-14(2,3)4/h11H,6-9H2,1-5H3/t11-/m0/s1. The quantitative estimate of drug-likeness (QED) is 0.630. The molecule has 2 rings (SSSR count). The summed E-state index contributed by atoms with van der Waals surface area (Å²) in [5.41, 5.74) is 0.873. The topological polar surface area (TPSA) is 64.2 Å².